The van der Waals surface area contributed by atoms with E-state index >= 15 is 0 Å². The Balaban J connectivity index is 2.47. The van der Waals surface area contributed by atoms with Gasteiger partial charge in [0.2, 0.25) is 5.91 Å². The number of rotatable bonds is 0. The average Bonchev–Trinajstić information content (AvgIpc) is 2.23. The molecule has 0 aromatic heterocycles. The van der Waals surface area contributed by atoms with Gasteiger partial charge >= 0.3 is 0 Å². The van der Waals surface area contributed by atoms with Crippen LogP contribution < -0.4 is 5.32 Å². The lowest BCUT2D eigenvalue weighted by molar-refractivity contribution is -0.115. The van der Waals surface area contributed by atoms with Crippen molar-refractivity contribution in [3.05, 3.63) is 41.5 Å². The summed E-state index contributed by atoms with van der Waals surface area (Å²) in [4.78, 5) is 11.4. The number of anilines is 1. The zero-order valence-electron chi connectivity index (χ0n) is 8.50. The first-order valence-electron chi connectivity index (χ1n) is 5.07. The van der Waals surface area contributed by atoms with Crippen LogP contribution in [0.2, 0.25) is 0 Å². The summed E-state index contributed by atoms with van der Waals surface area (Å²) in [6.45, 7) is 2.10. The van der Waals surface area contributed by atoms with Crippen LogP contribution in [0.5, 0.6) is 0 Å². The lowest BCUT2D eigenvalue weighted by atomic mass is 9.94. The van der Waals surface area contributed by atoms with E-state index in [0.29, 0.717) is 6.42 Å². The molecule has 0 saturated heterocycles. The van der Waals surface area contributed by atoms with Crippen molar-refractivity contribution in [3.8, 4) is 0 Å². The number of carbonyl (C=O) groups excluding carboxylic acids is 1. The normalized spacial score (nSPS) is 14.1. The van der Waals surface area contributed by atoms with E-state index in [0.717, 1.165) is 11.3 Å². The fourth-order valence-electron chi connectivity index (χ4n) is 2.24. The number of benzene rings is 2. The van der Waals surface area contributed by atoms with E-state index in [-0.39, 0.29) is 5.91 Å². The van der Waals surface area contributed by atoms with Crippen molar-refractivity contribution in [2.75, 3.05) is 5.32 Å². The molecular formula is C13H11NO. The predicted molar refractivity (Wildman–Crippen MR) is 61.0 cm³/mol. The molecule has 2 heteroatoms. The van der Waals surface area contributed by atoms with Crippen LogP contribution in [-0.2, 0) is 11.2 Å². The largest absolute Gasteiger partial charge is 0.325 e. The Morgan fingerprint density at radius 2 is 2.07 bits per heavy atom. The first-order valence-corrected chi connectivity index (χ1v) is 5.07. The van der Waals surface area contributed by atoms with E-state index in [1.807, 2.05) is 12.1 Å². The summed E-state index contributed by atoms with van der Waals surface area (Å²) in [7, 11) is 0. The molecule has 1 heterocycles. The first-order chi connectivity index (χ1) is 7.25. The van der Waals surface area contributed by atoms with E-state index in [2.05, 4.69) is 30.4 Å². The molecule has 2 aromatic rings. The number of hydrogen-bond acceptors (Lipinski definition) is 1. The highest BCUT2D eigenvalue weighted by molar-refractivity contribution is 6.10. The van der Waals surface area contributed by atoms with Crippen molar-refractivity contribution in [1.82, 2.24) is 0 Å². The minimum absolute atomic E-state index is 0.0823. The van der Waals surface area contributed by atoms with E-state index in [4.69, 9.17) is 0 Å². The predicted octanol–water partition coefficient (Wildman–Crippen LogP) is 2.64. The van der Waals surface area contributed by atoms with E-state index in [1.54, 1.807) is 0 Å². The molecule has 3 rings (SSSR count). The van der Waals surface area contributed by atoms with Crippen LogP contribution in [0.4, 0.5) is 5.69 Å². The average molecular weight is 197 g/mol. The van der Waals surface area contributed by atoms with Gasteiger partial charge in [0.05, 0.1) is 6.42 Å². The molecule has 0 atom stereocenters. The Morgan fingerprint density at radius 1 is 1.20 bits per heavy atom. The highest BCUT2D eigenvalue weighted by atomic mass is 16.1. The number of carbonyl (C=O) groups is 1. The summed E-state index contributed by atoms with van der Waals surface area (Å²) in [5.74, 6) is 0.0823. The van der Waals surface area contributed by atoms with Crippen LogP contribution in [0.15, 0.2) is 30.3 Å². The van der Waals surface area contributed by atoms with Gasteiger partial charge in [0.25, 0.3) is 0 Å². The molecule has 0 saturated carbocycles. The van der Waals surface area contributed by atoms with Gasteiger partial charge in [0.15, 0.2) is 0 Å². The molecule has 1 N–H and O–H groups in total. The van der Waals surface area contributed by atoms with E-state index in [9.17, 15) is 4.79 Å². The molecule has 74 valence electrons. The number of aryl methyl sites for hydroxylation is 1. The van der Waals surface area contributed by atoms with E-state index < -0.39 is 0 Å². The lowest BCUT2D eigenvalue weighted by Gasteiger charge is -2.18. The minimum Gasteiger partial charge on any atom is -0.325 e. The summed E-state index contributed by atoms with van der Waals surface area (Å²) in [6, 6.07) is 10.2. The summed E-state index contributed by atoms with van der Waals surface area (Å²) < 4.78 is 0. The van der Waals surface area contributed by atoms with Crippen LogP contribution in [0.3, 0.4) is 0 Å². The summed E-state index contributed by atoms with van der Waals surface area (Å²) in [5, 5.41) is 5.36. The standard InChI is InChI=1S/C13H11NO/c1-8-5-6-9-7-12(15)14-11-4-2-3-10(8)13(9)11/h2-6H,7H2,1H3,(H,14,15). The molecular weight excluding hydrogens is 186 g/mol. The van der Waals surface area contributed by atoms with Crippen LogP contribution >= 0.6 is 0 Å². The molecule has 0 spiro atoms. The second-order valence-corrected chi connectivity index (χ2v) is 3.99. The molecule has 0 unspecified atom stereocenters. The van der Waals surface area contributed by atoms with Crippen molar-refractivity contribution in [2.45, 2.75) is 13.3 Å². The van der Waals surface area contributed by atoms with Crippen molar-refractivity contribution in [1.29, 1.82) is 0 Å². The Morgan fingerprint density at radius 3 is 2.93 bits per heavy atom. The highest BCUT2D eigenvalue weighted by Gasteiger charge is 2.17. The van der Waals surface area contributed by atoms with Gasteiger partial charge < -0.3 is 5.32 Å². The zero-order chi connectivity index (χ0) is 10.4. The van der Waals surface area contributed by atoms with Gasteiger partial charge in [-0.25, -0.2) is 0 Å². The molecule has 1 amide bonds. The topological polar surface area (TPSA) is 29.1 Å². The Kier molecular flexibility index (Phi) is 1.60. The molecule has 0 radical (unpaired) electrons. The molecule has 0 fully saturated rings. The molecule has 2 nitrogen and oxygen atoms in total. The fourth-order valence-corrected chi connectivity index (χ4v) is 2.24. The lowest BCUT2D eigenvalue weighted by Crippen LogP contribution is -2.19. The maximum absolute atomic E-state index is 11.4. The summed E-state index contributed by atoms with van der Waals surface area (Å²) in [6.07, 6.45) is 0.494. The highest BCUT2D eigenvalue weighted by Crippen LogP contribution is 2.32. The van der Waals surface area contributed by atoms with Gasteiger partial charge in [-0.05, 0) is 29.5 Å². The van der Waals surface area contributed by atoms with Crippen LogP contribution in [-0.4, -0.2) is 5.91 Å². The maximum atomic E-state index is 11.4. The smallest absolute Gasteiger partial charge is 0.228 e. The molecule has 1 aliphatic rings. The number of amides is 1. The third kappa shape index (κ3) is 1.14. The number of nitrogens with one attached hydrogen (secondary N) is 1. The van der Waals surface area contributed by atoms with Gasteiger partial charge in [0, 0.05) is 11.1 Å². The fraction of sp³-hybridized carbons (Fsp3) is 0.154. The van der Waals surface area contributed by atoms with Crippen molar-refractivity contribution in [3.63, 3.8) is 0 Å². The van der Waals surface area contributed by atoms with Gasteiger partial charge in [-0.2, -0.15) is 0 Å². The van der Waals surface area contributed by atoms with E-state index in [1.165, 1.54) is 16.3 Å². The van der Waals surface area contributed by atoms with Crippen molar-refractivity contribution in [2.24, 2.45) is 0 Å². The van der Waals surface area contributed by atoms with Gasteiger partial charge in [-0.15, -0.1) is 0 Å². The Bertz CT molecular complexity index is 558. The first kappa shape index (κ1) is 8.48. The molecule has 0 bridgehead atoms. The number of hydrogen-bond donors (Lipinski definition) is 1. The summed E-state index contributed by atoms with van der Waals surface area (Å²) in [5.41, 5.74) is 3.34. The SMILES string of the molecule is Cc1ccc2c3c(cccc13)NC(=O)C2. The molecule has 2 aromatic carbocycles. The maximum Gasteiger partial charge on any atom is 0.228 e. The third-order valence-electron chi connectivity index (χ3n) is 2.97. The zero-order valence-corrected chi connectivity index (χ0v) is 8.50. The van der Waals surface area contributed by atoms with Gasteiger partial charge in [-0.1, -0.05) is 24.3 Å². The van der Waals surface area contributed by atoms with Gasteiger partial charge in [0.1, 0.15) is 0 Å². The van der Waals surface area contributed by atoms with Crippen molar-refractivity contribution < 1.29 is 4.79 Å². The van der Waals surface area contributed by atoms with Crippen LogP contribution in [0.25, 0.3) is 10.8 Å². The van der Waals surface area contributed by atoms with Crippen LogP contribution in [0, 0.1) is 6.92 Å². The third-order valence-corrected chi connectivity index (χ3v) is 2.97. The summed E-state index contributed by atoms with van der Waals surface area (Å²) >= 11 is 0. The monoisotopic (exact) mass is 197 g/mol. The Hall–Kier alpha value is -1.83. The Labute approximate surface area is 87.9 Å². The van der Waals surface area contributed by atoms with Crippen molar-refractivity contribution >= 4 is 22.4 Å². The quantitative estimate of drug-likeness (QED) is 0.691. The second kappa shape index (κ2) is 2.83. The second-order valence-electron chi connectivity index (χ2n) is 3.99. The molecule has 1 aliphatic heterocycles. The van der Waals surface area contributed by atoms with Crippen LogP contribution in [0.1, 0.15) is 11.1 Å². The van der Waals surface area contributed by atoms with Gasteiger partial charge in [-0.3, -0.25) is 4.79 Å². The minimum atomic E-state index is 0.0823. The molecule has 0 aliphatic carbocycles. The molecule has 15 heavy (non-hydrogen) atoms.